The maximum Gasteiger partial charge on any atom is 0.0991 e. The molecule has 0 spiro atoms. The molecule has 3 heteroatoms. The minimum Gasteiger partial charge on any atom is -0.247 e. The van der Waals surface area contributed by atoms with Gasteiger partial charge in [0.1, 0.15) is 0 Å². The van der Waals surface area contributed by atoms with Crippen LogP contribution in [-0.4, -0.2) is 5.71 Å². The monoisotopic (exact) mass is 376 g/mol. The van der Waals surface area contributed by atoms with E-state index in [-0.39, 0.29) is 0 Å². The van der Waals surface area contributed by atoms with Crippen molar-refractivity contribution in [2.24, 2.45) is 4.99 Å². The summed E-state index contributed by atoms with van der Waals surface area (Å²) in [5.41, 5.74) is 5.11. The van der Waals surface area contributed by atoms with E-state index in [0.717, 1.165) is 28.1 Å². The van der Waals surface area contributed by atoms with Gasteiger partial charge in [-0.2, -0.15) is 5.26 Å². The molecule has 2 aromatic carbocycles. The maximum atomic E-state index is 9.07. The molecule has 2 aromatic rings. The van der Waals surface area contributed by atoms with E-state index in [0.29, 0.717) is 10.9 Å². The summed E-state index contributed by atoms with van der Waals surface area (Å²) in [6.07, 6.45) is 5.38. The van der Waals surface area contributed by atoms with Crippen LogP contribution in [0.5, 0.6) is 0 Å². The topological polar surface area (TPSA) is 36.1 Å². The maximum absolute atomic E-state index is 9.07. The molecule has 0 unspecified atom stereocenters. The molecule has 0 atom stereocenters. The van der Waals surface area contributed by atoms with E-state index < -0.39 is 0 Å². The van der Waals surface area contributed by atoms with Gasteiger partial charge in [0.25, 0.3) is 0 Å². The zero-order chi connectivity index (χ0) is 17.4. The second-order valence-electron chi connectivity index (χ2n) is 4.98. The Kier molecular flexibility index (Phi) is 6.48. The molecule has 0 bridgehead atoms. The lowest BCUT2D eigenvalue weighted by atomic mass is 10.0. The second kappa shape index (κ2) is 8.81. The van der Waals surface area contributed by atoms with Crippen LogP contribution >= 0.6 is 15.9 Å². The summed E-state index contributed by atoms with van der Waals surface area (Å²) >= 11 is 3.47. The number of nitrogens with zero attached hydrogens (tertiary/aromatic N) is 2. The number of rotatable bonds is 6. The molecule has 0 saturated carbocycles. The summed E-state index contributed by atoms with van der Waals surface area (Å²) in [7, 11) is 0. The number of hydrogen-bond donors (Lipinski definition) is 0. The summed E-state index contributed by atoms with van der Waals surface area (Å²) in [6, 6.07) is 17.6. The Balaban J connectivity index is 2.66. The van der Waals surface area contributed by atoms with Gasteiger partial charge < -0.3 is 0 Å². The smallest absolute Gasteiger partial charge is 0.0991 e. The van der Waals surface area contributed by atoms with Crippen molar-refractivity contribution in [2.45, 2.75) is 5.33 Å². The first kappa shape index (κ1) is 17.7. The molecule has 0 aliphatic heterocycles. The molecule has 0 aliphatic carbocycles. The number of nitriles is 1. The fourth-order valence-electron chi connectivity index (χ4n) is 2.25. The molecule has 2 rings (SSSR count). The van der Waals surface area contributed by atoms with E-state index in [9.17, 15) is 0 Å². The van der Waals surface area contributed by atoms with Gasteiger partial charge in [0.15, 0.2) is 0 Å². The fourth-order valence-corrected chi connectivity index (χ4v) is 2.70. The summed E-state index contributed by atoms with van der Waals surface area (Å²) < 4.78 is 0. The number of halogens is 1. The SMILES string of the molecule is C=C/C=C(\C=C)C(=Nc1ccc(C#N)cc1CBr)c1ccccc1. The number of hydrogen-bond acceptors (Lipinski definition) is 2. The highest BCUT2D eigenvalue weighted by Crippen LogP contribution is 2.26. The van der Waals surface area contributed by atoms with Crippen LogP contribution in [0.2, 0.25) is 0 Å². The molecule has 2 nitrogen and oxygen atoms in total. The van der Waals surface area contributed by atoms with E-state index in [1.807, 2.05) is 48.5 Å². The Morgan fingerprint density at radius 3 is 2.50 bits per heavy atom. The van der Waals surface area contributed by atoms with Gasteiger partial charge in [-0.3, -0.25) is 0 Å². The molecule has 0 aromatic heterocycles. The van der Waals surface area contributed by atoms with Crippen molar-refractivity contribution >= 4 is 27.3 Å². The van der Waals surface area contributed by atoms with Gasteiger partial charge in [0.2, 0.25) is 0 Å². The number of benzene rings is 2. The molecule has 0 radical (unpaired) electrons. The summed E-state index contributed by atoms with van der Waals surface area (Å²) in [4.78, 5) is 4.85. The van der Waals surface area contributed by atoms with Crippen molar-refractivity contribution in [2.75, 3.05) is 0 Å². The summed E-state index contributed by atoms with van der Waals surface area (Å²) in [6.45, 7) is 7.65. The minimum atomic E-state index is 0.621. The zero-order valence-corrected chi connectivity index (χ0v) is 14.8. The van der Waals surface area contributed by atoms with Gasteiger partial charge in [-0.15, -0.1) is 0 Å². The van der Waals surface area contributed by atoms with Gasteiger partial charge in [-0.05, 0) is 23.8 Å². The lowest BCUT2D eigenvalue weighted by molar-refractivity contribution is 1.35. The van der Waals surface area contributed by atoms with Crippen molar-refractivity contribution in [1.29, 1.82) is 5.26 Å². The zero-order valence-electron chi connectivity index (χ0n) is 13.2. The third kappa shape index (κ3) is 4.18. The van der Waals surface area contributed by atoms with Crippen LogP contribution in [0.3, 0.4) is 0 Å². The molecule has 0 amide bonds. The quantitative estimate of drug-likeness (QED) is 0.352. The van der Waals surface area contributed by atoms with E-state index >= 15 is 0 Å². The van der Waals surface area contributed by atoms with Crippen LogP contribution in [-0.2, 0) is 5.33 Å². The number of alkyl halides is 1. The van der Waals surface area contributed by atoms with Crippen molar-refractivity contribution in [3.8, 4) is 6.07 Å². The Bertz CT molecular complexity index is 840. The predicted octanol–water partition coefficient (Wildman–Crippen LogP) is 5.87. The standard InChI is InChI=1S/C21H17BrN2/c1-3-8-17(4-2)21(18-9-6-5-7-10-18)24-20-12-11-16(15-23)13-19(20)14-22/h3-13H,1-2,14H2/b17-8+,24-21?. The van der Waals surface area contributed by atoms with E-state index in [1.54, 1.807) is 18.2 Å². The minimum absolute atomic E-state index is 0.621. The van der Waals surface area contributed by atoms with Crippen LogP contribution in [0, 0.1) is 11.3 Å². The highest BCUT2D eigenvalue weighted by Gasteiger charge is 2.09. The van der Waals surface area contributed by atoms with Gasteiger partial charge >= 0.3 is 0 Å². The molecule has 0 heterocycles. The van der Waals surface area contributed by atoms with Crippen LogP contribution in [0.25, 0.3) is 0 Å². The Morgan fingerprint density at radius 1 is 1.17 bits per heavy atom. The molecule has 0 aliphatic rings. The van der Waals surface area contributed by atoms with Gasteiger partial charge in [-0.25, -0.2) is 4.99 Å². The van der Waals surface area contributed by atoms with Crippen LogP contribution in [0.1, 0.15) is 16.7 Å². The largest absolute Gasteiger partial charge is 0.247 e. The van der Waals surface area contributed by atoms with Crippen LogP contribution < -0.4 is 0 Å². The molecule has 118 valence electrons. The lowest BCUT2D eigenvalue weighted by Gasteiger charge is -2.10. The third-order valence-electron chi connectivity index (χ3n) is 3.42. The van der Waals surface area contributed by atoms with Crippen molar-refractivity contribution in [3.63, 3.8) is 0 Å². The average Bonchev–Trinajstić information content (AvgIpc) is 2.65. The number of aliphatic imine (C=N–C) groups is 1. The lowest BCUT2D eigenvalue weighted by Crippen LogP contribution is -2.03. The molecular weight excluding hydrogens is 360 g/mol. The van der Waals surface area contributed by atoms with Gasteiger partial charge in [-0.1, -0.05) is 77.6 Å². The second-order valence-corrected chi connectivity index (χ2v) is 5.54. The van der Waals surface area contributed by atoms with E-state index in [1.165, 1.54) is 0 Å². The first-order chi connectivity index (χ1) is 11.7. The molecule has 0 fully saturated rings. The van der Waals surface area contributed by atoms with E-state index in [4.69, 9.17) is 10.3 Å². The third-order valence-corrected chi connectivity index (χ3v) is 4.03. The molecular formula is C21H17BrN2. The van der Waals surface area contributed by atoms with Crippen molar-refractivity contribution < 1.29 is 0 Å². The van der Waals surface area contributed by atoms with E-state index in [2.05, 4.69) is 35.2 Å². The fraction of sp³-hybridized carbons (Fsp3) is 0.0476. The highest BCUT2D eigenvalue weighted by molar-refractivity contribution is 9.08. The first-order valence-corrected chi connectivity index (χ1v) is 8.54. The molecule has 24 heavy (non-hydrogen) atoms. The Hall–Kier alpha value is -2.70. The van der Waals surface area contributed by atoms with Crippen molar-refractivity contribution in [3.05, 3.63) is 102 Å². The normalized spacial score (nSPS) is 11.7. The Morgan fingerprint density at radius 2 is 1.92 bits per heavy atom. The van der Waals surface area contributed by atoms with Crippen LogP contribution in [0.4, 0.5) is 5.69 Å². The van der Waals surface area contributed by atoms with Crippen LogP contribution in [0.15, 0.2) is 90.5 Å². The predicted molar refractivity (Wildman–Crippen MR) is 105 cm³/mol. The van der Waals surface area contributed by atoms with Gasteiger partial charge in [0, 0.05) is 16.5 Å². The Labute approximate surface area is 151 Å². The highest BCUT2D eigenvalue weighted by atomic mass is 79.9. The summed E-state index contributed by atoms with van der Waals surface area (Å²) in [5.74, 6) is 0. The van der Waals surface area contributed by atoms with Gasteiger partial charge in [0.05, 0.1) is 23.0 Å². The number of allylic oxidation sites excluding steroid dienone is 4. The first-order valence-electron chi connectivity index (χ1n) is 7.42. The molecule has 0 N–H and O–H groups in total. The summed E-state index contributed by atoms with van der Waals surface area (Å²) in [5, 5.41) is 9.69. The molecule has 0 saturated heterocycles. The average molecular weight is 377 g/mol. The van der Waals surface area contributed by atoms with Crippen molar-refractivity contribution in [1.82, 2.24) is 0 Å².